The lowest BCUT2D eigenvalue weighted by Gasteiger charge is -2.06. The van der Waals surface area contributed by atoms with Crippen LogP contribution in [0, 0.1) is 0 Å². The van der Waals surface area contributed by atoms with Gasteiger partial charge in [-0.05, 0) is 24.1 Å². The molecule has 3 aromatic rings. The van der Waals surface area contributed by atoms with E-state index in [2.05, 4.69) is 41.2 Å². The Balaban J connectivity index is 2.11. The van der Waals surface area contributed by atoms with E-state index in [4.69, 9.17) is 5.73 Å². The number of nitrogen functional groups attached to an aromatic ring is 1. The molecule has 0 aliphatic heterocycles. The van der Waals surface area contributed by atoms with Gasteiger partial charge in [0.1, 0.15) is 5.52 Å². The van der Waals surface area contributed by atoms with Crippen LogP contribution in [0.4, 0.5) is 5.82 Å². The minimum absolute atomic E-state index is 0.491. The average Bonchev–Trinajstić information content (AvgIpc) is 2.52. The second kappa shape index (κ2) is 5.92. The Labute approximate surface area is 124 Å². The number of benzene rings is 1. The van der Waals surface area contributed by atoms with Gasteiger partial charge in [0.05, 0.1) is 5.52 Å². The molecule has 0 aliphatic rings. The molecular formula is C18H19N3. The number of hydrogen-bond donors (Lipinski definition) is 1. The fourth-order valence-electron chi connectivity index (χ4n) is 2.50. The van der Waals surface area contributed by atoms with E-state index in [-0.39, 0.29) is 0 Å². The highest BCUT2D eigenvalue weighted by atomic mass is 14.9. The minimum atomic E-state index is 0.491. The molecule has 0 unspecified atom stereocenters. The molecule has 0 atom stereocenters. The molecule has 3 rings (SSSR count). The van der Waals surface area contributed by atoms with Crippen LogP contribution in [-0.4, -0.2) is 9.97 Å². The summed E-state index contributed by atoms with van der Waals surface area (Å²) in [7, 11) is 0. The van der Waals surface area contributed by atoms with Crippen LogP contribution in [0.3, 0.4) is 0 Å². The van der Waals surface area contributed by atoms with Crippen molar-refractivity contribution in [2.75, 3.05) is 5.73 Å². The van der Waals surface area contributed by atoms with Crippen LogP contribution >= 0.6 is 0 Å². The van der Waals surface area contributed by atoms with Crippen molar-refractivity contribution in [3.8, 4) is 0 Å². The second-order valence-electron chi connectivity index (χ2n) is 5.22. The Morgan fingerprint density at radius 3 is 2.90 bits per heavy atom. The second-order valence-corrected chi connectivity index (χ2v) is 5.22. The SMILES string of the molecule is CCCC/C=C/c1cnc2c(N)nc3ccccc3c2c1. The number of nitrogens with zero attached hydrogens (tertiary/aromatic N) is 2. The van der Waals surface area contributed by atoms with E-state index in [9.17, 15) is 0 Å². The highest BCUT2D eigenvalue weighted by Crippen LogP contribution is 2.27. The molecule has 2 N–H and O–H groups in total. The molecule has 3 nitrogen and oxygen atoms in total. The molecule has 2 aromatic heterocycles. The van der Waals surface area contributed by atoms with Crippen molar-refractivity contribution in [3.05, 3.63) is 48.2 Å². The van der Waals surface area contributed by atoms with Crippen LogP contribution < -0.4 is 5.73 Å². The summed E-state index contributed by atoms with van der Waals surface area (Å²) < 4.78 is 0. The van der Waals surface area contributed by atoms with Gasteiger partial charge in [-0.3, -0.25) is 4.98 Å². The summed E-state index contributed by atoms with van der Waals surface area (Å²) in [4.78, 5) is 8.91. The summed E-state index contributed by atoms with van der Waals surface area (Å²) in [5.74, 6) is 0.491. The quantitative estimate of drug-likeness (QED) is 0.561. The molecule has 0 bridgehead atoms. The lowest BCUT2D eigenvalue weighted by atomic mass is 10.1. The maximum atomic E-state index is 6.02. The maximum Gasteiger partial charge on any atom is 0.150 e. The molecule has 1 aromatic carbocycles. The van der Waals surface area contributed by atoms with E-state index in [1.807, 2.05) is 24.4 Å². The summed E-state index contributed by atoms with van der Waals surface area (Å²) >= 11 is 0. The predicted molar refractivity (Wildman–Crippen MR) is 90.0 cm³/mol. The Bertz CT molecular complexity index is 806. The van der Waals surface area contributed by atoms with Crippen LogP contribution in [0.1, 0.15) is 31.7 Å². The van der Waals surface area contributed by atoms with Crippen LogP contribution in [-0.2, 0) is 0 Å². The third-order valence-corrected chi connectivity index (χ3v) is 3.62. The van der Waals surface area contributed by atoms with E-state index in [0.717, 1.165) is 33.8 Å². The van der Waals surface area contributed by atoms with Gasteiger partial charge in [-0.1, -0.05) is 50.1 Å². The molecule has 0 saturated heterocycles. The van der Waals surface area contributed by atoms with Gasteiger partial charge >= 0.3 is 0 Å². The van der Waals surface area contributed by atoms with E-state index in [1.165, 1.54) is 12.8 Å². The zero-order valence-electron chi connectivity index (χ0n) is 12.2. The Kier molecular flexibility index (Phi) is 3.82. The monoisotopic (exact) mass is 277 g/mol. The number of pyridine rings is 2. The smallest absolute Gasteiger partial charge is 0.150 e. The van der Waals surface area contributed by atoms with Gasteiger partial charge in [-0.25, -0.2) is 4.98 Å². The van der Waals surface area contributed by atoms with E-state index in [0.29, 0.717) is 5.82 Å². The number of unbranched alkanes of at least 4 members (excludes halogenated alkanes) is 2. The van der Waals surface area contributed by atoms with Gasteiger partial charge in [0.15, 0.2) is 5.82 Å². The van der Waals surface area contributed by atoms with Crippen LogP contribution in [0.5, 0.6) is 0 Å². The molecule has 0 radical (unpaired) electrons. The lowest BCUT2D eigenvalue weighted by molar-refractivity contribution is 0.816. The number of anilines is 1. The van der Waals surface area contributed by atoms with Crippen LogP contribution in [0.15, 0.2) is 42.6 Å². The first kappa shape index (κ1) is 13.6. The summed E-state index contributed by atoms with van der Waals surface area (Å²) in [5.41, 5.74) is 8.82. The molecule has 0 aliphatic carbocycles. The van der Waals surface area contributed by atoms with E-state index in [1.54, 1.807) is 0 Å². The molecule has 0 saturated carbocycles. The maximum absolute atomic E-state index is 6.02. The van der Waals surface area contributed by atoms with Gasteiger partial charge in [0, 0.05) is 17.0 Å². The molecule has 2 heterocycles. The Morgan fingerprint density at radius 2 is 2.05 bits per heavy atom. The van der Waals surface area contributed by atoms with Crippen molar-refractivity contribution < 1.29 is 0 Å². The third-order valence-electron chi connectivity index (χ3n) is 3.62. The number of rotatable bonds is 4. The molecule has 0 spiro atoms. The number of nitrogens with two attached hydrogens (primary N) is 1. The Hall–Kier alpha value is -2.42. The van der Waals surface area contributed by atoms with Crippen molar-refractivity contribution in [1.29, 1.82) is 0 Å². The molecule has 0 amide bonds. The highest BCUT2D eigenvalue weighted by molar-refractivity contribution is 6.08. The van der Waals surface area contributed by atoms with E-state index >= 15 is 0 Å². The first-order valence-electron chi connectivity index (χ1n) is 7.40. The lowest BCUT2D eigenvalue weighted by Crippen LogP contribution is -1.95. The predicted octanol–water partition coefficient (Wildman–Crippen LogP) is 4.57. The first-order valence-corrected chi connectivity index (χ1v) is 7.40. The van der Waals surface area contributed by atoms with E-state index < -0.39 is 0 Å². The zero-order chi connectivity index (χ0) is 14.7. The molecule has 0 fully saturated rings. The largest absolute Gasteiger partial charge is 0.382 e. The third kappa shape index (κ3) is 2.72. The topological polar surface area (TPSA) is 51.8 Å². The van der Waals surface area contributed by atoms with Gasteiger partial charge in [0.2, 0.25) is 0 Å². The van der Waals surface area contributed by atoms with Gasteiger partial charge < -0.3 is 5.73 Å². The molecule has 106 valence electrons. The van der Waals surface area contributed by atoms with Crippen molar-refractivity contribution in [1.82, 2.24) is 9.97 Å². The number of para-hydroxylation sites is 1. The molecule has 3 heteroatoms. The van der Waals surface area contributed by atoms with Crippen molar-refractivity contribution in [2.45, 2.75) is 26.2 Å². The van der Waals surface area contributed by atoms with Crippen molar-refractivity contribution >= 4 is 33.7 Å². The fourth-order valence-corrected chi connectivity index (χ4v) is 2.50. The summed E-state index contributed by atoms with van der Waals surface area (Å²) in [6.45, 7) is 2.20. The normalized spacial score (nSPS) is 11.7. The summed E-state index contributed by atoms with van der Waals surface area (Å²) in [5, 5.41) is 2.16. The average molecular weight is 277 g/mol. The first-order chi connectivity index (χ1) is 10.3. The Morgan fingerprint density at radius 1 is 1.19 bits per heavy atom. The molecule has 21 heavy (non-hydrogen) atoms. The minimum Gasteiger partial charge on any atom is -0.382 e. The standard InChI is InChI=1S/C18H19N3/c1-2-3-4-5-8-13-11-15-14-9-6-7-10-16(14)21-18(19)17(15)20-12-13/h5-12H,2-4H2,1H3,(H2,19,21)/b8-5+. The van der Waals surface area contributed by atoms with Crippen LogP contribution in [0.25, 0.3) is 27.9 Å². The zero-order valence-corrected chi connectivity index (χ0v) is 12.2. The fraction of sp³-hybridized carbons (Fsp3) is 0.222. The highest BCUT2D eigenvalue weighted by Gasteiger charge is 2.07. The number of allylic oxidation sites excluding steroid dienone is 1. The van der Waals surface area contributed by atoms with Gasteiger partial charge in [-0.15, -0.1) is 0 Å². The number of aromatic nitrogens is 2. The van der Waals surface area contributed by atoms with Crippen molar-refractivity contribution in [2.24, 2.45) is 0 Å². The van der Waals surface area contributed by atoms with Crippen molar-refractivity contribution in [3.63, 3.8) is 0 Å². The van der Waals surface area contributed by atoms with Gasteiger partial charge in [-0.2, -0.15) is 0 Å². The summed E-state index contributed by atoms with van der Waals surface area (Å²) in [6.07, 6.45) is 9.74. The molecular weight excluding hydrogens is 258 g/mol. The summed E-state index contributed by atoms with van der Waals surface area (Å²) in [6, 6.07) is 10.2. The van der Waals surface area contributed by atoms with Crippen LogP contribution in [0.2, 0.25) is 0 Å². The number of hydrogen-bond acceptors (Lipinski definition) is 3. The van der Waals surface area contributed by atoms with Gasteiger partial charge in [0.25, 0.3) is 0 Å². The number of fused-ring (bicyclic) bond motifs is 3.